The highest BCUT2D eigenvalue weighted by Gasteiger charge is 2.21. The number of benzene rings is 1. The van der Waals surface area contributed by atoms with Crippen LogP contribution in [0.3, 0.4) is 0 Å². The fourth-order valence-corrected chi connectivity index (χ4v) is 2.41. The normalized spacial score (nSPS) is 14.8. The summed E-state index contributed by atoms with van der Waals surface area (Å²) in [5.41, 5.74) is 6.22. The third kappa shape index (κ3) is 5.64. The average molecular weight is 356 g/mol. The molecule has 0 aliphatic heterocycles. The van der Waals surface area contributed by atoms with Crippen molar-refractivity contribution < 1.29 is 9.90 Å². The van der Waals surface area contributed by atoms with E-state index in [0.29, 0.717) is 15.6 Å². The topological polar surface area (TPSA) is 75.4 Å². The van der Waals surface area contributed by atoms with Gasteiger partial charge in [-0.25, -0.2) is 0 Å². The quantitative estimate of drug-likeness (QED) is 0.734. The maximum atomic E-state index is 11.8. The molecular formula is C14H21Cl3N2O2. The van der Waals surface area contributed by atoms with Crippen LogP contribution >= 0.6 is 35.6 Å². The fraction of sp³-hybridized carbons (Fsp3) is 0.500. The molecule has 1 rings (SSSR count). The third-order valence-electron chi connectivity index (χ3n) is 3.36. The van der Waals surface area contributed by atoms with Crippen molar-refractivity contribution >= 4 is 41.5 Å². The van der Waals surface area contributed by atoms with E-state index in [-0.39, 0.29) is 30.8 Å². The van der Waals surface area contributed by atoms with Crippen LogP contribution in [-0.4, -0.2) is 23.6 Å². The van der Waals surface area contributed by atoms with Gasteiger partial charge in [0.1, 0.15) is 0 Å². The van der Waals surface area contributed by atoms with Gasteiger partial charge in [0, 0.05) is 22.2 Å². The number of hydrogen-bond acceptors (Lipinski definition) is 3. The van der Waals surface area contributed by atoms with Crippen molar-refractivity contribution in [1.82, 2.24) is 5.32 Å². The maximum absolute atomic E-state index is 11.8. The average Bonchev–Trinajstić information content (AvgIpc) is 2.42. The van der Waals surface area contributed by atoms with Crippen molar-refractivity contribution in [3.05, 3.63) is 33.8 Å². The van der Waals surface area contributed by atoms with Gasteiger partial charge in [-0.3, -0.25) is 4.79 Å². The highest BCUT2D eigenvalue weighted by molar-refractivity contribution is 6.36. The zero-order valence-corrected chi connectivity index (χ0v) is 14.3. The lowest BCUT2D eigenvalue weighted by Crippen LogP contribution is -2.45. The van der Waals surface area contributed by atoms with Crippen LogP contribution in [0.1, 0.15) is 31.9 Å². The Labute approximate surface area is 141 Å². The number of aliphatic hydroxyl groups is 1. The van der Waals surface area contributed by atoms with E-state index >= 15 is 0 Å². The molecule has 3 unspecified atom stereocenters. The van der Waals surface area contributed by atoms with Gasteiger partial charge in [-0.1, -0.05) is 49.5 Å². The summed E-state index contributed by atoms with van der Waals surface area (Å²) in [6, 6.07) is 4.38. The Balaban J connectivity index is 0.00000400. The summed E-state index contributed by atoms with van der Waals surface area (Å²) in [6.45, 7) is 3.90. The Morgan fingerprint density at radius 1 is 1.38 bits per heavy atom. The first kappa shape index (κ1) is 20.5. The number of hydrogen-bond donors (Lipinski definition) is 3. The summed E-state index contributed by atoms with van der Waals surface area (Å²) in [6.07, 6.45) is -0.155. The molecule has 0 heterocycles. The molecule has 1 amide bonds. The molecule has 0 aromatic heterocycles. The van der Waals surface area contributed by atoms with E-state index in [9.17, 15) is 9.90 Å². The van der Waals surface area contributed by atoms with Crippen molar-refractivity contribution in [2.75, 3.05) is 6.54 Å². The van der Waals surface area contributed by atoms with Crippen LogP contribution < -0.4 is 11.1 Å². The highest BCUT2D eigenvalue weighted by Crippen LogP contribution is 2.29. The van der Waals surface area contributed by atoms with Crippen LogP contribution in [0.25, 0.3) is 0 Å². The molecule has 0 bridgehead atoms. The van der Waals surface area contributed by atoms with Crippen molar-refractivity contribution in [1.29, 1.82) is 0 Å². The predicted octanol–water partition coefficient (Wildman–Crippen LogP) is 2.94. The second-order valence-electron chi connectivity index (χ2n) is 4.81. The van der Waals surface area contributed by atoms with Crippen LogP contribution in [0.4, 0.5) is 0 Å². The van der Waals surface area contributed by atoms with E-state index < -0.39 is 12.1 Å². The van der Waals surface area contributed by atoms with Gasteiger partial charge in [-0.15, -0.1) is 12.4 Å². The molecule has 21 heavy (non-hydrogen) atoms. The zero-order valence-electron chi connectivity index (χ0n) is 12.0. The minimum Gasteiger partial charge on any atom is -0.386 e. The van der Waals surface area contributed by atoms with Gasteiger partial charge in [-0.2, -0.15) is 0 Å². The molecule has 0 spiro atoms. The predicted molar refractivity (Wildman–Crippen MR) is 89.1 cm³/mol. The Morgan fingerprint density at radius 2 is 1.90 bits per heavy atom. The SMILES string of the molecule is CCC(C)C(N)C(=O)NCC(O)c1c(Cl)cccc1Cl.Cl. The van der Waals surface area contributed by atoms with E-state index in [4.69, 9.17) is 28.9 Å². The maximum Gasteiger partial charge on any atom is 0.237 e. The largest absolute Gasteiger partial charge is 0.386 e. The molecule has 3 atom stereocenters. The van der Waals surface area contributed by atoms with Gasteiger partial charge in [0.05, 0.1) is 12.1 Å². The Morgan fingerprint density at radius 3 is 2.38 bits per heavy atom. The van der Waals surface area contributed by atoms with E-state index in [1.165, 1.54) is 0 Å². The molecule has 0 saturated carbocycles. The second-order valence-corrected chi connectivity index (χ2v) is 5.62. The van der Waals surface area contributed by atoms with Gasteiger partial charge < -0.3 is 16.2 Å². The summed E-state index contributed by atoms with van der Waals surface area (Å²) in [5.74, 6) is -0.211. The number of carbonyl (C=O) groups excluding carboxylic acids is 1. The monoisotopic (exact) mass is 354 g/mol. The standard InChI is InChI=1S/C14H20Cl2N2O2.ClH/c1-3-8(2)13(17)14(20)18-7-11(19)12-9(15)5-4-6-10(12)16;/h4-6,8,11,13,19H,3,7,17H2,1-2H3,(H,18,20);1H. The molecule has 0 aliphatic rings. The minimum absolute atomic E-state index is 0. The molecule has 0 saturated heterocycles. The smallest absolute Gasteiger partial charge is 0.237 e. The van der Waals surface area contributed by atoms with Crippen LogP contribution in [-0.2, 0) is 4.79 Å². The van der Waals surface area contributed by atoms with Crippen molar-refractivity contribution in [2.45, 2.75) is 32.4 Å². The van der Waals surface area contributed by atoms with Gasteiger partial charge in [0.25, 0.3) is 0 Å². The first-order valence-corrected chi connectivity index (χ1v) is 7.29. The van der Waals surface area contributed by atoms with Gasteiger partial charge in [0.15, 0.2) is 0 Å². The lowest BCUT2D eigenvalue weighted by atomic mass is 9.99. The van der Waals surface area contributed by atoms with Crippen LogP contribution in [0.5, 0.6) is 0 Å². The molecule has 0 aliphatic carbocycles. The number of carbonyl (C=O) groups is 1. The molecular weight excluding hydrogens is 335 g/mol. The number of amides is 1. The Kier molecular flexibility index (Phi) is 9.25. The molecule has 120 valence electrons. The second kappa shape index (κ2) is 9.49. The van der Waals surface area contributed by atoms with E-state index in [1.54, 1.807) is 18.2 Å². The first-order chi connectivity index (χ1) is 9.38. The molecule has 4 nitrogen and oxygen atoms in total. The third-order valence-corrected chi connectivity index (χ3v) is 4.02. The summed E-state index contributed by atoms with van der Waals surface area (Å²) in [5, 5.41) is 13.4. The summed E-state index contributed by atoms with van der Waals surface area (Å²) in [7, 11) is 0. The van der Waals surface area contributed by atoms with E-state index in [2.05, 4.69) is 5.32 Å². The Bertz CT molecular complexity index is 451. The van der Waals surface area contributed by atoms with Crippen LogP contribution in [0.15, 0.2) is 18.2 Å². The Hall–Kier alpha value is -0.520. The molecule has 7 heteroatoms. The number of nitrogens with two attached hydrogens (primary N) is 1. The van der Waals surface area contributed by atoms with Gasteiger partial charge in [0.2, 0.25) is 5.91 Å². The minimum atomic E-state index is -0.968. The highest BCUT2D eigenvalue weighted by atomic mass is 35.5. The molecule has 0 fully saturated rings. The lowest BCUT2D eigenvalue weighted by Gasteiger charge is -2.20. The van der Waals surface area contributed by atoms with Crippen molar-refractivity contribution in [3.8, 4) is 0 Å². The fourth-order valence-electron chi connectivity index (χ4n) is 1.76. The van der Waals surface area contributed by atoms with Crippen molar-refractivity contribution in [2.24, 2.45) is 11.7 Å². The van der Waals surface area contributed by atoms with E-state index in [1.807, 2.05) is 13.8 Å². The zero-order chi connectivity index (χ0) is 15.3. The summed E-state index contributed by atoms with van der Waals surface area (Å²) >= 11 is 12.0. The number of aliphatic hydroxyl groups excluding tert-OH is 1. The summed E-state index contributed by atoms with van der Waals surface area (Å²) in [4.78, 5) is 11.8. The summed E-state index contributed by atoms with van der Waals surface area (Å²) < 4.78 is 0. The number of nitrogens with one attached hydrogen (secondary N) is 1. The number of halogens is 3. The lowest BCUT2D eigenvalue weighted by molar-refractivity contribution is -0.123. The number of rotatable bonds is 6. The molecule has 1 aromatic rings. The van der Waals surface area contributed by atoms with Gasteiger partial charge >= 0.3 is 0 Å². The molecule has 4 N–H and O–H groups in total. The van der Waals surface area contributed by atoms with Crippen molar-refractivity contribution in [3.63, 3.8) is 0 Å². The molecule has 1 aromatic carbocycles. The van der Waals surface area contributed by atoms with E-state index in [0.717, 1.165) is 6.42 Å². The van der Waals surface area contributed by atoms with Gasteiger partial charge in [-0.05, 0) is 18.1 Å². The first-order valence-electron chi connectivity index (χ1n) is 6.53. The van der Waals surface area contributed by atoms with Crippen LogP contribution in [0, 0.1) is 5.92 Å². The molecule has 0 radical (unpaired) electrons. The van der Waals surface area contributed by atoms with Crippen LogP contribution in [0.2, 0.25) is 10.0 Å².